The Hall–Kier alpha value is -1.55. The number of anilines is 1. The smallest absolute Gasteiger partial charge is 0.246 e. The van der Waals surface area contributed by atoms with Crippen molar-refractivity contribution < 1.29 is 9.59 Å². The Morgan fingerprint density at radius 3 is 2.77 bits per heavy atom. The van der Waals surface area contributed by atoms with E-state index in [9.17, 15) is 9.59 Å². The van der Waals surface area contributed by atoms with Crippen molar-refractivity contribution in [3.05, 3.63) is 28.8 Å². The molecule has 1 aliphatic rings. The molecule has 4 nitrogen and oxygen atoms in total. The molecule has 0 unspecified atom stereocenters. The largest absolute Gasteiger partial charge is 0.347 e. The van der Waals surface area contributed by atoms with E-state index in [2.05, 4.69) is 12.2 Å². The molecule has 0 radical (unpaired) electrons. The molecule has 0 aliphatic carbocycles. The lowest BCUT2D eigenvalue weighted by Crippen LogP contribution is -2.40. The Labute approximate surface area is 136 Å². The van der Waals surface area contributed by atoms with E-state index >= 15 is 0 Å². The number of halogens is 1. The van der Waals surface area contributed by atoms with Crippen molar-refractivity contribution in [3.8, 4) is 0 Å². The summed E-state index contributed by atoms with van der Waals surface area (Å²) in [6.07, 6.45) is 2.18. The quantitative estimate of drug-likeness (QED) is 0.905. The molecule has 0 saturated heterocycles. The summed E-state index contributed by atoms with van der Waals surface area (Å²) < 4.78 is 0. The number of fused-ring (bicyclic) bond motifs is 1. The van der Waals surface area contributed by atoms with Gasteiger partial charge in [-0.2, -0.15) is 0 Å². The Morgan fingerprint density at radius 1 is 1.36 bits per heavy atom. The summed E-state index contributed by atoms with van der Waals surface area (Å²) >= 11 is 6.00. The monoisotopic (exact) mass is 322 g/mol. The topological polar surface area (TPSA) is 49.4 Å². The molecule has 0 bridgehead atoms. The minimum absolute atomic E-state index is 0.0323. The average molecular weight is 323 g/mol. The van der Waals surface area contributed by atoms with E-state index in [0.29, 0.717) is 18.0 Å². The van der Waals surface area contributed by atoms with E-state index in [4.69, 9.17) is 11.6 Å². The first-order chi connectivity index (χ1) is 10.3. The molecule has 0 atom stereocenters. The molecule has 0 fully saturated rings. The van der Waals surface area contributed by atoms with Crippen molar-refractivity contribution in [3.63, 3.8) is 0 Å². The second-order valence-electron chi connectivity index (χ2n) is 6.54. The molecule has 1 aliphatic heterocycles. The van der Waals surface area contributed by atoms with Gasteiger partial charge in [0.15, 0.2) is 0 Å². The molecular formula is C17H23ClN2O2. The highest BCUT2D eigenvalue weighted by molar-refractivity contribution is 6.31. The van der Waals surface area contributed by atoms with Crippen LogP contribution in [0.3, 0.4) is 0 Å². The average Bonchev–Trinajstić information content (AvgIpc) is 2.87. The van der Waals surface area contributed by atoms with Crippen LogP contribution >= 0.6 is 11.6 Å². The first-order valence-corrected chi connectivity index (χ1v) is 8.06. The molecule has 2 amide bonds. The Morgan fingerprint density at radius 2 is 2.09 bits per heavy atom. The molecule has 0 aromatic heterocycles. The van der Waals surface area contributed by atoms with Crippen LogP contribution in [0.1, 0.15) is 39.2 Å². The van der Waals surface area contributed by atoms with E-state index in [1.807, 2.05) is 32.0 Å². The minimum Gasteiger partial charge on any atom is -0.347 e. The number of hydrogen-bond acceptors (Lipinski definition) is 2. The van der Waals surface area contributed by atoms with Crippen LogP contribution in [0.2, 0.25) is 5.02 Å². The fraction of sp³-hybridized carbons (Fsp3) is 0.529. The van der Waals surface area contributed by atoms with Gasteiger partial charge < -0.3 is 10.2 Å². The molecule has 1 aromatic carbocycles. The predicted octanol–water partition coefficient (Wildman–Crippen LogP) is 3.17. The Balaban J connectivity index is 1.92. The third-order valence-corrected chi connectivity index (χ3v) is 4.51. The summed E-state index contributed by atoms with van der Waals surface area (Å²) in [7, 11) is 0. The van der Waals surface area contributed by atoms with Crippen LogP contribution in [0.15, 0.2) is 18.2 Å². The SMILES string of the molecule is CCC(C)(C)CC(=O)NCC(=O)N1CCc2ccc(Cl)cc21. The number of hydrogen-bond donors (Lipinski definition) is 1. The number of benzene rings is 1. The van der Waals surface area contributed by atoms with Crippen LogP contribution in [-0.4, -0.2) is 24.9 Å². The fourth-order valence-electron chi connectivity index (χ4n) is 2.50. The van der Waals surface area contributed by atoms with Gasteiger partial charge in [0.05, 0.1) is 6.54 Å². The standard InChI is InChI=1S/C17H23ClN2O2/c1-4-17(2,3)10-15(21)19-11-16(22)20-8-7-12-5-6-13(18)9-14(12)20/h5-6,9H,4,7-8,10-11H2,1-3H3,(H,19,21). The number of nitrogens with one attached hydrogen (secondary N) is 1. The van der Waals surface area contributed by atoms with Crippen molar-refractivity contribution in [2.45, 2.75) is 40.0 Å². The molecule has 22 heavy (non-hydrogen) atoms. The van der Waals surface area contributed by atoms with Gasteiger partial charge in [-0.05, 0) is 29.5 Å². The van der Waals surface area contributed by atoms with Gasteiger partial charge in [0, 0.05) is 23.7 Å². The molecule has 0 saturated carbocycles. The zero-order valence-corrected chi connectivity index (χ0v) is 14.2. The van der Waals surface area contributed by atoms with Crippen LogP contribution in [0.25, 0.3) is 0 Å². The molecule has 120 valence electrons. The Bertz CT molecular complexity index is 584. The maximum atomic E-state index is 12.3. The summed E-state index contributed by atoms with van der Waals surface area (Å²) in [5.41, 5.74) is 1.94. The van der Waals surface area contributed by atoms with Gasteiger partial charge in [-0.1, -0.05) is 44.9 Å². The molecule has 1 aromatic rings. The second kappa shape index (κ2) is 6.69. The fourth-order valence-corrected chi connectivity index (χ4v) is 2.67. The molecule has 5 heteroatoms. The molecule has 1 N–H and O–H groups in total. The van der Waals surface area contributed by atoms with Crippen molar-refractivity contribution in [1.29, 1.82) is 0 Å². The van der Waals surface area contributed by atoms with E-state index in [1.165, 1.54) is 0 Å². The summed E-state index contributed by atoms with van der Waals surface area (Å²) in [4.78, 5) is 26.0. The maximum absolute atomic E-state index is 12.3. The molecular weight excluding hydrogens is 300 g/mol. The van der Waals surface area contributed by atoms with Gasteiger partial charge in [0.25, 0.3) is 0 Å². The highest BCUT2D eigenvalue weighted by Crippen LogP contribution is 2.30. The van der Waals surface area contributed by atoms with Gasteiger partial charge in [0.2, 0.25) is 11.8 Å². The zero-order chi connectivity index (χ0) is 16.3. The highest BCUT2D eigenvalue weighted by atomic mass is 35.5. The van der Waals surface area contributed by atoms with E-state index in [0.717, 1.165) is 24.1 Å². The lowest BCUT2D eigenvalue weighted by Gasteiger charge is -2.22. The molecule has 1 heterocycles. The first-order valence-electron chi connectivity index (χ1n) is 7.68. The van der Waals surface area contributed by atoms with Crippen molar-refractivity contribution >= 4 is 29.1 Å². The Kier molecular flexibility index (Phi) is 5.12. The first kappa shape index (κ1) is 16.8. The van der Waals surface area contributed by atoms with Crippen LogP contribution in [0, 0.1) is 5.41 Å². The zero-order valence-electron chi connectivity index (χ0n) is 13.4. The maximum Gasteiger partial charge on any atom is 0.246 e. The second-order valence-corrected chi connectivity index (χ2v) is 6.98. The number of carbonyl (C=O) groups is 2. The van der Waals surface area contributed by atoms with E-state index in [1.54, 1.807) is 4.90 Å². The van der Waals surface area contributed by atoms with E-state index < -0.39 is 0 Å². The van der Waals surface area contributed by atoms with Gasteiger partial charge in [-0.25, -0.2) is 0 Å². The van der Waals surface area contributed by atoms with Gasteiger partial charge in [0.1, 0.15) is 0 Å². The lowest BCUT2D eigenvalue weighted by atomic mass is 9.86. The summed E-state index contributed by atoms with van der Waals surface area (Å²) in [5.74, 6) is -0.172. The van der Waals surface area contributed by atoms with Gasteiger partial charge in [-0.15, -0.1) is 0 Å². The van der Waals surface area contributed by atoms with Gasteiger partial charge >= 0.3 is 0 Å². The highest BCUT2D eigenvalue weighted by Gasteiger charge is 2.25. The van der Waals surface area contributed by atoms with Crippen molar-refractivity contribution in [1.82, 2.24) is 5.32 Å². The summed E-state index contributed by atoms with van der Waals surface area (Å²) in [6.45, 7) is 6.83. The predicted molar refractivity (Wildman–Crippen MR) is 89.2 cm³/mol. The number of nitrogens with zero attached hydrogens (tertiary/aromatic N) is 1. The number of rotatable bonds is 5. The van der Waals surface area contributed by atoms with Crippen LogP contribution in [-0.2, 0) is 16.0 Å². The summed E-state index contributed by atoms with van der Waals surface area (Å²) in [5, 5.41) is 3.35. The van der Waals surface area contributed by atoms with E-state index in [-0.39, 0.29) is 23.8 Å². The van der Waals surface area contributed by atoms with Crippen molar-refractivity contribution in [2.75, 3.05) is 18.0 Å². The van der Waals surface area contributed by atoms with Crippen molar-refractivity contribution in [2.24, 2.45) is 5.41 Å². The normalized spacial score (nSPS) is 13.9. The van der Waals surface area contributed by atoms with Crippen LogP contribution < -0.4 is 10.2 Å². The van der Waals surface area contributed by atoms with Gasteiger partial charge in [-0.3, -0.25) is 9.59 Å². The number of carbonyl (C=O) groups excluding carboxylic acids is 2. The molecule has 0 spiro atoms. The molecule has 2 rings (SSSR count). The van der Waals surface area contributed by atoms with Crippen LogP contribution in [0.4, 0.5) is 5.69 Å². The minimum atomic E-state index is -0.0938. The number of amides is 2. The lowest BCUT2D eigenvalue weighted by molar-refractivity contribution is -0.126. The third-order valence-electron chi connectivity index (χ3n) is 4.28. The summed E-state index contributed by atoms with van der Waals surface area (Å²) in [6, 6.07) is 5.60. The third kappa shape index (κ3) is 4.01. The van der Waals surface area contributed by atoms with Crippen LogP contribution in [0.5, 0.6) is 0 Å².